The molecule has 1 aromatic carbocycles. The molecule has 0 aliphatic carbocycles. The number of amides is 1. The zero-order valence-corrected chi connectivity index (χ0v) is 13.5. The first kappa shape index (κ1) is 17.8. The number of carbonyl (C=O) groups excluding carboxylic acids is 1. The first-order valence-electron chi connectivity index (χ1n) is 7.33. The minimum atomic E-state index is 0. The Labute approximate surface area is 133 Å². The van der Waals surface area contributed by atoms with Crippen LogP contribution in [0.5, 0.6) is 5.75 Å². The molecule has 1 aromatic rings. The Kier molecular flexibility index (Phi) is 7.54. The number of nitrogens with one attached hydrogen (secondary N) is 2. The van der Waals surface area contributed by atoms with Crippen molar-refractivity contribution in [3.63, 3.8) is 0 Å². The third-order valence-electron chi connectivity index (χ3n) is 3.91. The minimum absolute atomic E-state index is 0. The average Bonchev–Trinajstić information content (AvgIpc) is 2.98. The van der Waals surface area contributed by atoms with Gasteiger partial charge in [0, 0.05) is 6.42 Å². The highest BCUT2D eigenvalue weighted by Crippen LogP contribution is 2.19. The van der Waals surface area contributed by atoms with Gasteiger partial charge in [0.15, 0.2) is 0 Å². The van der Waals surface area contributed by atoms with Crippen molar-refractivity contribution in [1.29, 1.82) is 0 Å². The van der Waals surface area contributed by atoms with Crippen molar-refractivity contribution in [2.75, 3.05) is 20.2 Å². The molecule has 1 aliphatic rings. The smallest absolute Gasteiger partial charge is 0.220 e. The molecule has 1 aliphatic heterocycles. The summed E-state index contributed by atoms with van der Waals surface area (Å²) < 4.78 is 5.21. The number of hydrogen-bond donors (Lipinski definition) is 2. The molecule has 5 heteroatoms. The number of halogens is 1. The molecule has 1 fully saturated rings. The molecule has 0 spiro atoms. The second-order valence-electron chi connectivity index (χ2n) is 5.46. The lowest BCUT2D eigenvalue weighted by Gasteiger charge is -2.16. The van der Waals surface area contributed by atoms with Gasteiger partial charge >= 0.3 is 0 Å². The molecule has 2 unspecified atom stereocenters. The second kappa shape index (κ2) is 8.90. The SMILES string of the molecule is COc1cccc(C(C)NC(=O)CCC2CCNC2)c1.Cl. The Morgan fingerprint density at radius 1 is 1.52 bits per heavy atom. The molecule has 21 heavy (non-hydrogen) atoms. The minimum Gasteiger partial charge on any atom is -0.497 e. The van der Waals surface area contributed by atoms with Crippen molar-refractivity contribution < 1.29 is 9.53 Å². The van der Waals surface area contributed by atoms with E-state index in [1.54, 1.807) is 7.11 Å². The fraction of sp³-hybridized carbons (Fsp3) is 0.562. The molecule has 2 rings (SSSR count). The molecular formula is C16H25ClN2O2. The van der Waals surface area contributed by atoms with E-state index in [1.807, 2.05) is 31.2 Å². The van der Waals surface area contributed by atoms with E-state index in [0.717, 1.165) is 30.8 Å². The third-order valence-corrected chi connectivity index (χ3v) is 3.91. The van der Waals surface area contributed by atoms with Crippen molar-refractivity contribution in [3.8, 4) is 5.75 Å². The molecule has 0 bridgehead atoms. The van der Waals surface area contributed by atoms with Crippen molar-refractivity contribution >= 4 is 18.3 Å². The highest BCUT2D eigenvalue weighted by atomic mass is 35.5. The van der Waals surface area contributed by atoms with Gasteiger partial charge in [-0.3, -0.25) is 4.79 Å². The van der Waals surface area contributed by atoms with Gasteiger partial charge in [0.05, 0.1) is 13.2 Å². The zero-order chi connectivity index (χ0) is 14.4. The van der Waals surface area contributed by atoms with Gasteiger partial charge in [0.25, 0.3) is 0 Å². The summed E-state index contributed by atoms with van der Waals surface area (Å²) in [5, 5.41) is 6.39. The monoisotopic (exact) mass is 312 g/mol. The van der Waals surface area contributed by atoms with Crippen LogP contribution < -0.4 is 15.4 Å². The molecule has 1 amide bonds. The van der Waals surface area contributed by atoms with Crippen LogP contribution in [0.25, 0.3) is 0 Å². The summed E-state index contributed by atoms with van der Waals surface area (Å²) in [6.45, 7) is 4.15. The predicted octanol–water partition coefficient (Wildman–Crippen LogP) is 2.68. The van der Waals surface area contributed by atoms with Gasteiger partial charge in [-0.25, -0.2) is 0 Å². The number of carbonyl (C=O) groups is 1. The topological polar surface area (TPSA) is 50.4 Å². The van der Waals surface area contributed by atoms with Crippen molar-refractivity contribution in [1.82, 2.24) is 10.6 Å². The molecule has 118 valence electrons. The van der Waals surface area contributed by atoms with E-state index in [2.05, 4.69) is 10.6 Å². The number of ether oxygens (including phenoxy) is 1. The molecule has 0 saturated carbocycles. The highest BCUT2D eigenvalue weighted by Gasteiger charge is 2.16. The molecule has 0 aromatic heterocycles. The normalized spacial score (nSPS) is 18.7. The molecule has 2 atom stereocenters. The summed E-state index contributed by atoms with van der Waals surface area (Å²) in [7, 11) is 1.65. The van der Waals surface area contributed by atoms with Gasteiger partial charge in [-0.2, -0.15) is 0 Å². The van der Waals surface area contributed by atoms with Crippen LogP contribution in [0.1, 0.15) is 37.8 Å². The Morgan fingerprint density at radius 3 is 3.00 bits per heavy atom. The Bertz CT molecular complexity index is 448. The van der Waals surface area contributed by atoms with E-state index < -0.39 is 0 Å². The molecule has 1 saturated heterocycles. The maximum absolute atomic E-state index is 12.0. The van der Waals surface area contributed by atoms with Gasteiger partial charge in [0.2, 0.25) is 5.91 Å². The highest BCUT2D eigenvalue weighted by molar-refractivity contribution is 5.85. The average molecular weight is 313 g/mol. The number of benzene rings is 1. The quantitative estimate of drug-likeness (QED) is 0.849. The van der Waals surface area contributed by atoms with E-state index in [-0.39, 0.29) is 24.4 Å². The van der Waals surface area contributed by atoms with Crippen LogP contribution in [0.4, 0.5) is 0 Å². The number of rotatable bonds is 6. The number of hydrogen-bond acceptors (Lipinski definition) is 3. The molecule has 2 N–H and O–H groups in total. The van der Waals surface area contributed by atoms with Gasteiger partial charge in [-0.1, -0.05) is 12.1 Å². The van der Waals surface area contributed by atoms with Crippen LogP contribution in [-0.4, -0.2) is 26.1 Å². The first-order chi connectivity index (χ1) is 9.69. The van der Waals surface area contributed by atoms with Crippen molar-refractivity contribution in [2.24, 2.45) is 5.92 Å². The molecule has 0 radical (unpaired) electrons. The molecule has 1 heterocycles. The fourth-order valence-electron chi connectivity index (χ4n) is 2.60. The maximum Gasteiger partial charge on any atom is 0.220 e. The molecular weight excluding hydrogens is 288 g/mol. The first-order valence-corrected chi connectivity index (χ1v) is 7.33. The lowest BCUT2D eigenvalue weighted by Crippen LogP contribution is -2.27. The Hall–Kier alpha value is -1.26. The molecule has 4 nitrogen and oxygen atoms in total. The van der Waals surface area contributed by atoms with Crippen LogP contribution in [0.15, 0.2) is 24.3 Å². The van der Waals surface area contributed by atoms with Gasteiger partial charge in [0.1, 0.15) is 5.75 Å². The van der Waals surface area contributed by atoms with E-state index in [4.69, 9.17) is 4.74 Å². The maximum atomic E-state index is 12.0. The predicted molar refractivity (Wildman–Crippen MR) is 87.0 cm³/mol. The summed E-state index contributed by atoms with van der Waals surface area (Å²) in [4.78, 5) is 12.0. The van der Waals surface area contributed by atoms with Gasteiger partial charge in [-0.15, -0.1) is 12.4 Å². The summed E-state index contributed by atoms with van der Waals surface area (Å²) in [6.07, 6.45) is 2.78. The van der Waals surface area contributed by atoms with E-state index in [0.29, 0.717) is 12.3 Å². The van der Waals surface area contributed by atoms with Crippen molar-refractivity contribution in [2.45, 2.75) is 32.2 Å². The largest absolute Gasteiger partial charge is 0.497 e. The second-order valence-corrected chi connectivity index (χ2v) is 5.46. The van der Waals surface area contributed by atoms with Crippen LogP contribution >= 0.6 is 12.4 Å². The summed E-state index contributed by atoms with van der Waals surface area (Å²) >= 11 is 0. The Balaban J connectivity index is 0.00000220. The fourth-order valence-corrected chi connectivity index (χ4v) is 2.60. The Morgan fingerprint density at radius 2 is 2.33 bits per heavy atom. The third kappa shape index (κ3) is 5.56. The summed E-state index contributed by atoms with van der Waals surface area (Å²) in [5.74, 6) is 1.61. The van der Waals surface area contributed by atoms with E-state index >= 15 is 0 Å². The zero-order valence-electron chi connectivity index (χ0n) is 12.7. The van der Waals surface area contributed by atoms with Crippen molar-refractivity contribution in [3.05, 3.63) is 29.8 Å². The van der Waals surface area contributed by atoms with Gasteiger partial charge in [-0.05, 0) is 56.5 Å². The van der Waals surface area contributed by atoms with Crippen LogP contribution in [-0.2, 0) is 4.79 Å². The number of methoxy groups -OCH3 is 1. The van der Waals surface area contributed by atoms with Crippen LogP contribution in [0.2, 0.25) is 0 Å². The van der Waals surface area contributed by atoms with Gasteiger partial charge < -0.3 is 15.4 Å². The van der Waals surface area contributed by atoms with Crippen LogP contribution in [0.3, 0.4) is 0 Å². The standard InChI is InChI=1S/C16H24N2O2.ClH/c1-12(14-4-3-5-15(10-14)20-2)18-16(19)7-6-13-8-9-17-11-13;/h3-5,10,12-13,17H,6-9,11H2,1-2H3,(H,18,19);1H. The van der Waals surface area contributed by atoms with E-state index in [1.165, 1.54) is 6.42 Å². The van der Waals surface area contributed by atoms with Crippen LogP contribution in [0, 0.1) is 5.92 Å². The summed E-state index contributed by atoms with van der Waals surface area (Å²) in [6, 6.07) is 7.84. The lowest BCUT2D eigenvalue weighted by atomic mass is 10.0. The lowest BCUT2D eigenvalue weighted by molar-refractivity contribution is -0.122. The van der Waals surface area contributed by atoms with E-state index in [9.17, 15) is 4.79 Å². The summed E-state index contributed by atoms with van der Waals surface area (Å²) in [5.41, 5.74) is 1.07.